The first-order valence-corrected chi connectivity index (χ1v) is 11.9. The maximum Gasteiger partial charge on any atom is 0.264 e. The van der Waals surface area contributed by atoms with E-state index in [1.807, 2.05) is 26.0 Å². The first-order valence-electron chi connectivity index (χ1n) is 10.5. The van der Waals surface area contributed by atoms with E-state index >= 15 is 0 Å². The van der Waals surface area contributed by atoms with Gasteiger partial charge in [-0.2, -0.15) is 0 Å². The molecule has 0 aromatic heterocycles. The van der Waals surface area contributed by atoms with Crippen molar-refractivity contribution in [2.75, 3.05) is 31.6 Å². The Morgan fingerprint density at radius 3 is 2.30 bits per heavy atom. The van der Waals surface area contributed by atoms with E-state index in [1.54, 1.807) is 18.2 Å². The van der Waals surface area contributed by atoms with Gasteiger partial charge >= 0.3 is 0 Å². The zero-order valence-electron chi connectivity index (χ0n) is 19.3. The molecule has 6 nitrogen and oxygen atoms in total. The molecule has 3 aromatic carbocycles. The van der Waals surface area contributed by atoms with Crippen molar-refractivity contribution in [2.45, 2.75) is 25.2 Å². The molecule has 0 saturated carbocycles. The van der Waals surface area contributed by atoms with Crippen LogP contribution in [0.25, 0.3) is 0 Å². The van der Waals surface area contributed by atoms with Crippen LogP contribution in [0.4, 0.5) is 10.1 Å². The predicted molar refractivity (Wildman–Crippen MR) is 128 cm³/mol. The van der Waals surface area contributed by atoms with Gasteiger partial charge in [-0.15, -0.1) is 0 Å². The number of nitrogens with zero attached hydrogens (tertiary/aromatic N) is 1. The maximum absolute atomic E-state index is 13.9. The number of hydrogen-bond acceptors (Lipinski definition) is 5. The molecule has 0 aliphatic heterocycles. The summed E-state index contributed by atoms with van der Waals surface area (Å²) in [4.78, 5) is 0.0575. The van der Waals surface area contributed by atoms with Crippen LogP contribution in [0.1, 0.15) is 22.3 Å². The van der Waals surface area contributed by atoms with E-state index in [-0.39, 0.29) is 23.8 Å². The van der Waals surface area contributed by atoms with Crippen LogP contribution in [0, 0.1) is 19.7 Å². The van der Waals surface area contributed by atoms with E-state index in [2.05, 4.69) is 0 Å². The number of sulfonamides is 1. The van der Waals surface area contributed by atoms with Gasteiger partial charge < -0.3 is 15.2 Å². The highest BCUT2D eigenvalue weighted by molar-refractivity contribution is 7.92. The summed E-state index contributed by atoms with van der Waals surface area (Å²) in [6.07, 6.45) is 0.378. The highest BCUT2D eigenvalue weighted by atomic mass is 32.2. The van der Waals surface area contributed by atoms with Crippen molar-refractivity contribution in [1.82, 2.24) is 0 Å². The van der Waals surface area contributed by atoms with Gasteiger partial charge in [0.15, 0.2) is 11.5 Å². The highest BCUT2D eigenvalue weighted by Gasteiger charge is 2.27. The van der Waals surface area contributed by atoms with Crippen molar-refractivity contribution in [2.24, 2.45) is 5.73 Å². The van der Waals surface area contributed by atoms with Crippen LogP contribution < -0.4 is 19.5 Å². The lowest BCUT2D eigenvalue weighted by Crippen LogP contribution is -2.36. The van der Waals surface area contributed by atoms with E-state index in [0.29, 0.717) is 23.6 Å². The summed E-state index contributed by atoms with van der Waals surface area (Å²) in [6, 6.07) is 14.6. The molecule has 0 atom stereocenters. The fourth-order valence-corrected chi connectivity index (χ4v) is 5.26. The van der Waals surface area contributed by atoms with Crippen LogP contribution in [-0.4, -0.2) is 35.7 Å². The Bertz CT molecular complexity index is 1250. The molecule has 0 heterocycles. The smallest absolute Gasteiger partial charge is 0.264 e. The Balaban J connectivity index is 2.13. The second-order valence-corrected chi connectivity index (χ2v) is 9.62. The van der Waals surface area contributed by atoms with E-state index < -0.39 is 10.0 Å². The normalized spacial score (nSPS) is 11.3. The third kappa shape index (κ3) is 5.29. The first-order chi connectivity index (χ1) is 15.7. The van der Waals surface area contributed by atoms with Crippen LogP contribution in [0.2, 0.25) is 0 Å². The number of rotatable bonds is 9. The maximum atomic E-state index is 13.9. The van der Waals surface area contributed by atoms with Crippen LogP contribution in [-0.2, 0) is 16.4 Å². The molecule has 0 spiro atoms. The van der Waals surface area contributed by atoms with Crippen LogP contribution in [0.5, 0.6) is 11.5 Å². The number of anilines is 1. The summed E-state index contributed by atoms with van der Waals surface area (Å²) in [5.41, 5.74) is 9.78. The van der Waals surface area contributed by atoms with Crippen LogP contribution in [0.3, 0.4) is 0 Å². The fourth-order valence-electron chi connectivity index (χ4n) is 3.73. The van der Waals surface area contributed by atoms with Gasteiger partial charge in [0.05, 0.1) is 24.8 Å². The Labute approximate surface area is 194 Å². The van der Waals surface area contributed by atoms with Crippen molar-refractivity contribution < 1.29 is 22.3 Å². The monoisotopic (exact) mass is 472 g/mol. The summed E-state index contributed by atoms with van der Waals surface area (Å²) in [7, 11) is -1.04. The van der Waals surface area contributed by atoms with Crippen molar-refractivity contribution in [1.29, 1.82) is 0 Å². The zero-order valence-corrected chi connectivity index (χ0v) is 20.1. The van der Waals surface area contributed by atoms with Gasteiger partial charge in [0.25, 0.3) is 10.0 Å². The number of methoxy groups -OCH3 is 2. The molecule has 0 aliphatic carbocycles. The summed E-state index contributed by atoms with van der Waals surface area (Å²) >= 11 is 0. The van der Waals surface area contributed by atoms with Gasteiger partial charge in [-0.1, -0.05) is 23.8 Å². The van der Waals surface area contributed by atoms with Gasteiger partial charge in [0, 0.05) is 19.2 Å². The van der Waals surface area contributed by atoms with Gasteiger partial charge in [-0.25, -0.2) is 12.8 Å². The van der Waals surface area contributed by atoms with Crippen LogP contribution >= 0.6 is 0 Å². The van der Waals surface area contributed by atoms with Crippen molar-refractivity contribution in [3.63, 3.8) is 0 Å². The Morgan fingerprint density at radius 2 is 1.64 bits per heavy atom. The lowest BCUT2D eigenvalue weighted by atomic mass is 9.98. The third-order valence-electron chi connectivity index (χ3n) is 5.47. The fraction of sp³-hybridized carbons (Fsp3) is 0.280. The molecular formula is C25H29FN2O4S. The number of hydrogen-bond donors (Lipinski definition) is 1. The molecular weight excluding hydrogens is 443 g/mol. The molecule has 0 saturated heterocycles. The molecule has 8 heteroatoms. The molecule has 0 bridgehead atoms. The molecule has 0 unspecified atom stereocenters. The first kappa shape index (κ1) is 24.5. The molecule has 0 aliphatic rings. The van der Waals surface area contributed by atoms with E-state index in [4.69, 9.17) is 15.2 Å². The SMILES string of the molecule is COc1ccc(S(=O)(=O)N(CCN)c2ccc(C)cc2Cc2cc(F)ccc2C)cc1OC. The lowest BCUT2D eigenvalue weighted by Gasteiger charge is -2.27. The summed E-state index contributed by atoms with van der Waals surface area (Å²) < 4.78 is 53.2. The van der Waals surface area contributed by atoms with Crippen molar-refractivity contribution >= 4 is 15.7 Å². The quantitative estimate of drug-likeness (QED) is 0.505. The second kappa shape index (κ2) is 10.2. The molecule has 0 radical (unpaired) electrons. The van der Waals surface area contributed by atoms with Crippen molar-refractivity contribution in [3.05, 3.63) is 82.7 Å². The zero-order chi connectivity index (χ0) is 24.2. The number of benzene rings is 3. The molecule has 0 amide bonds. The Kier molecular flexibility index (Phi) is 7.61. The van der Waals surface area contributed by atoms with E-state index in [0.717, 1.165) is 22.3 Å². The minimum atomic E-state index is -3.98. The Morgan fingerprint density at radius 1 is 0.909 bits per heavy atom. The summed E-state index contributed by atoms with van der Waals surface area (Å²) in [5, 5.41) is 0. The van der Waals surface area contributed by atoms with Gasteiger partial charge in [0.2, 0.25) is 0 Å². The van der Waals surface area contributed by atoms with Gasteiger partial charge in [-0.3, -0.25) is 4.31 Å². The summed E-state index contributed by atoms with van der Waals surface area (Å²) in [6.45, 7) is 4.04. The lowest BCUT2D eigenvalue weighted by molar-refractivity contribution is 0.354. The molecule has 33 heavy (non-hydrogen) atoms. The average molecular weight is 473 g/mol. The van der Waals surface area contributed by atoms with E-state index in [9.17, 15) is 12.8 Å². The standard InChI is InChI=1S/C25H29FN2O4S/c1-17-5-9-23(20(13-17)14-19-15-21(26)7-6-18(19)2)28(12-11-27)33(29,30)22-8-10-24(31-3)25(16-22)32-4/h5-10,13,15-16H,11-12,14,27H2,1-4H3. The minimum absolute atomic E-state index is 0.0575. The minimum Gasteiger partial charge on any atom is -0.493 e. The summed E-state index contributed by atoms with van der Waals surface area (Å²) in [5.74, 6) is 0.409. The third-order valence-corrected chi connectivity index (χ3v) is 7.28. The predicted octanol–water partition coefficient (Wildman–Crippen LogP) is 4.20. The molecule has 176 valence electrons. The largest absolute Gasteiger partial charge is 0.493 e. The topological polar surface area (TPSA) is 81.9 Å². The Hall–Kier alpha value is -3.10. The van der Waals surface area contributed by atoms with E-state index in [1.165, 1.54) is 42.8 Å². The number of ether oxygens (including phenoxy) is 2. The second-order valence-electron chi connectivity index (χ2n) is 7.76. The molecule has 2 N–H and O–H groups in total. The molecule has 0 fully saturated rings. The van der Waals surface area contributed by atoms with Crippen molar-refractivity contribution in [3.8, 4) is 11.5 Å². The highest BCUT2D eigenvalue weighted by Crippen LogP contribution is 2.34. The number of nitrogens with two attached hydrogens (primary N) is 1. The van der Waals surface area contributed by atoms with Gasteiger partial charge in [0.1, 0.15) is 5.82 Å². The molecule has 3 rings (SSSR count). The number of halogens is 1. The molecule has 3 aromatic rings. The average Bonchev–Trinajstić information content (AvgIpc) is 2.79. The number of aryl methyl sites for hydroxylation is 2. The van der Waals surface area contributed by atoms with Crippen LogP contribution in [0.15, 0.2) is 59.5 Å². The van der Waals surface area contributed by atoms with Gasteiger partial charge in [-0.05, 0) is 67.3 Å².